The Hall–Kier alpha value is -3.72. The fraction of sp³-hybridized carbons (Fsp3) is 0.333. The highest BCUT2D eigenvalue weighted by Gasteiger charge is 2.54. The van der Waals surface area contributed by atoms with E-state index in [9.17, 15) is 14.7 Å². The minimum Gasteiger partial charge on any atom is -0.410 e. The smallest absolute Gasteiger partial charge is 0.410 e. The molecule has 0 radical (unpaired) electrons. The van der Waals surface area contributed by atoms with E-state index in [2.05, 4.69) is 10.6 Å². The molecule has 8 nitrogen and oxygen atoms in total. The summed E-state index contributed by atoms with van der Waals surface area (Å²) >= 11 is 0. The van der Waals surface area contributed by atoms with Gasteiger partial charge in [-0.05, 0) is 29.7 Å². The molecule has 5 rings (SSSR count). The van der Waals surface area contributed by atoms with Crippen molar-refractivity contribution in [3.8, 4) is 5.75 Å². The number of nitrogens with zero attached hydrogens (tertiary/aromatic N) is 1. The van der Waals surface area contributed by atoms with Crippen LogP contribution in [0.4, 0.5) is 4.79 Å². The zero-order chi connectivity index (χ0) is 26.4. The van der Waals surface area contributed by atoms with Gasteiger partial charge >= 0.3 is 6.09 Å². The van der Waals surface area contributed by atoms with Crippen LogP contribution < -0.4 is 15.4 Å². The quantitative estimate of drug-likeness (QED) is 0.426. The molecule has 2 heterocycles. The molecule has 2 saturated heterocycles. The minimum atomic E-state index is -1.20. The van der Waals surface area contributed by atoms with Gasteiger partial charge in [-0.3, -0.25) is 10.1 Å². The molecule has 38 heavy (non-hydrogen) atoms. The summed E-state index contributed by atoms with van der Waals surface area (Å²) in [5.41, 5.74) is 1.30. The zero-order valence-electron chi connectivity index (χ0n) is 21.2. The molecule has 0 bridgehead atoms. The van der Waals surface area contributed by atoms with Crippen molar-refractivity contribution < 1.29 is 24.2 Å². The van der Waals surface area contributed by atoms with Gasteiger partial charge in [0.1, 0.15) is 11.8 Å². The van der Waals surface area contributed by atoms with Crippen molar-refractivity contribution in [3.63, 3.8) is 0 Å². The van der Waals surface area contributed by atoms with Gasteiger partial charge in [0.2, 0.25) is 5.91 Å². The van der Waals surface area contributed by atoms with Gasteiger partial charge in [-0.1, -0.05) is 78.9 Å². The molecule has 1 spiro atoms. The Bertz CT molecular complexity index is 1200. The summed E-state index contributed by atoms with van der Waals surface area (Å²) in [5.74, 6) is 0.197. The maximum Gasteiger partial charge on any atom is 0.412 e. The Morgan fingerprint density at radius 1 is 0.974 bits per heavy atom. The third-order valence-electron chi connectivity index (χ3n) is 7.29. The number of rotatable bonds is 8. The number of aliphatic hydroxyl groups excluding tert-OH is 1. The third kappa shape index (κ3) is 5.88. The predicted octanol–water partition coefficient (Wildman–Crippen LogP) is 3.25. The van der Waals surface area contributed by atoms with Gasteiger partial charge in [-0.15, -0.1) is 0 Å². The summed E-state index contributed by atoms with van der Waals surface area (Å²) in [7, 11) is 0. The van der Waals surface area contributed by atoms with Crippen molar-refractivity contribution >= 4 is 12.0 Å². The van der Waals surface area contributed by atoms with Crippen LogP contribution in [0.2, 0.25) is 0 Å². The highest BCUT2D eigenvalue weighted by molar-refractivity contribution is 5.86. The number of amides is 2. The molecule has 3 atom stereocenters. The second kappa shape index (κ2) is 11.8. The second-order valence-electron chi connectivity index (χ2n) is 9.81. The molecular formula is C30H33N3O5. The van der Waals surface area contributed by atoms with E-state index in [0.29, 0.717) is 44.8 Å². The highest BCUT2D eigenvalue weighted by atomic mass is 16.6. The monoisotopic (exact) mass is 515 g/mol. The first-order chi connectivity index (χ1) is 18.5. The summed E-state index contributed by atoms with van der Waals surface area (Å²) in [5, 5.41) is 17.9. The van der Waals surface area contributed by atoms with Crippen molar-refractivity contribution in [1.82, 2.24) is 15.5 Å². The van der Waals surface area contributed by atoms with Gasteiger partial charge in [0.15, 0.2) is 0 Å². The molecule has 3 N–H and O–H groups in total. The van der Waals surface area contributed by atoms with Crippen molar-refractivity contribution in [2.24, 2.45) is 0 Å². The Kier molecular flexibility index (Phi) is 8.03. The Morgan fingerprint density at radius 3 is 2.18 bits per heavy atom. The standard InChI is InChI=1S/C30H33N3O5/c34-27(25(20-22-10-4-1-5-11-22)31-29(36)38-24-14-8-3-9-15-24)26-28(35)33(21-23-12-6-2-7-13-23)30(32-26)16-18-37-19-17-30/h1-15,25-27,32,34H,16-21H2,(H,31,36)/t25-,26-,27+/m0/s1. The molecule has 8 heteroatoms. The Labute approximate surface area is 222 Å². The number of hydrogen-bond donors (Lipinski definition) is 3. The molecule has 2 fully saturated rings. The van der Waals surface area contributed by atoms with Gasteiger partial charge < -0.3 is 24.8 Å². The Balaban J connectivity index is 1.38. The largest absolute Gasteiger partial charge is 0.412 e. The molecule has 3 aromatic rings. The van der Waals surface area contributed by atoms with Gasteiger partial charge in [0.05, 0.1) is 31.0 Å². The van der Waals surface area contributed by atoms with Crippen LogP contribution in [-0.2, 0) is 22.5 Å². The highest BCUT2D eigenvalue weighted by Crippen LogP contribution is 2.34. The van der Waals surface area contributed by atoms with E-state index in [1.807, 2.05) is 71.6 Å². The molecule has 0 aromatic heterocycles. The normalized spacial score (nSPS) is 20.2. The maximum atomic E-state index is 13.9. The molecule has 2 aliphatic heterocycles. The van der Waals surface area contributed by atoms with Crippen LogP contribution in [-0.4, -0.2) is 59.1 Å². The van der Waals surface area contributed by atoms with E-state index < -0.39 is 29.9 Å². The first-order valence-corrected chi connectivity index (χ1v) is 13.0. The van der Waals surface area contributed by atoms with E-state index in [0.717, 1.165) is 11.1 Å². The molecule has 3 aromatic carbocycles. The van der Waals surface area contributed by atoms with Crippen molar-refractivity contribution in [3.05, 3.63) is 102 Å². The number of hydrogen-bond acceptors (Lipinski definition) is 6. The molecule has 2 amide bonds. The number of carbonyl (C=O) groups excluding carboxylic acids is 2. The van der Waals surface area contributed by atoms with E-state index in [-0.39, 0.29) is 5.91 Å². The average Bonchev–Trinajstić information content (AvgIpc) is 3.20. The third-order valence-corrected chi connectivity index (χ3v) is 7.29. The van der Waals surface area contributed by atoms with Crippen molar-refractivity contribution in [1.29, 1.82) is 0 Å². The lowest BCUT2D eigenvalue weighted by Gasteiger charge is -2.41. The lowest BCUT2D eigenvalue weighted by atomic mass is 9.95. The molecule has 0 aliphatic carbocycles. The summed E-state index contributed by atoms with van der Waals surface area (Å²) in [6.07, 6.45) is -0.342. The number of para-hydroxylation sites is 1. The van der Waals surface area contributed by atoms with E-state index in [1.165, 1.54) is 0 Å². The fourth-order valence-electron chi connectivity index (χ4n) is 5.29. The average molecular weight is 516 g/mol. The van der Waals surface area contributed by atoms with Gasteiger partial charge in [0.25, 0.3) is 0 Å². The van der Waals surface area contributed by atoms with Crippen molar-refractivity contribution in [2.45, 2.75) is 49.7 Å². The lowest BCUT2D eigenvalue weighted by Crippen LogP contribution is -2.58. The number of ether oxygens (including phenoxy) is 2. The summed E-state index contributed by atoms with van der Waals surface area (Å²) in [4.78, 5) is 28.5. The maximum absolute atomic E-state index is 13.9. The van der Waals surface area contributed by atoms with Crippen LogP contribution in [0.3, 0.4) is 0 Å². The van der Waals surface area contributed by atoms with Gasteiger partial charge in [-0.2, -0.15) is 0 Å². The topological polar surface area (TPSA) is 100 Å². The minimum absolute atomic E-state index is 0.195. The first kappa shape index (κ1) is 25.9. The van der Waals surface area contributed by atoms with Gasteiger partial charge in [-0.25, -0.2) is 4.79 Å². The molecule has 2 aliphatic rings. The van der Waals surface area contributed by atoms with Crippen LogP contribution in [0.25, 0.3) is 0 Å². The van der Waals surface area contributed by atoms with Crippen LogP contribution >= 0.6 is 0 Å². The lowest BCUT2D eigenvalue weighted by molar-refractivity contribution is -0.137. The molecule has 0 unspecified atom stereocenters. The SMILES string of the molecule is O=C(N[C@@H](Cc1ccccc1)[C@@H](O)[C@@H]1NC2(CCOCC2)N(Cc2ccccc2)C1=O)Oc1ccccc1. The van der Waals surface area contributed by atoms with Crippen LogP contribution in [0.15, 0.2) is 91.0 Å². The molecule has 198 valence electrons. The zero-order valence-corrected chi connectivity index (χ0v) is 21.2. The number of nitrogens with one attached hydrogen (secondary N) is 2. The van der Waals surface area contributed by atoms with E-state index >= 15 is 0 Å². The second-order valence-corrected chi connectivity index (χ2v) is 9.81. The number of carbonyl (C=O) groups is 2. The summed E-state index contributed by atoms with van der Waals surface area (Å²) in [6, 6.07) is 26.4. The number of aliphatic hydroxyl groups is 1. The van der Waals surface area contributed by atoms with E-state index in [4.69, 9.17) is 9.47 Å². The van der Waals surface area contributed by atoms with Gasteiger partial charge in [0, 0.05) is 19.4 Å². The summed E-state index contributed by atoms with van der Waals surface area (Å²) in [6.45, 7) is 1.45. The first-order valence-electron chi connectivity index (χ1n) is 13.0. The molecule has 0 saturated carbocycles. The predicted molar refractivity (Wildman–Crippen MR) is 142 cm³/mol. The van der Waals surface area contributed by atoms with Crippen LogP contribution in [0.1, 0.15) is 24.0 Å². The summed E-state index contributed by atoms with van der Waals surface area (Å²) < 4.78 is 11.0. The van der Waals surface area contributed by atoms with Crippen LogP contribution in [0, 0.1) is 0 Å². The van der Waals surface area contributed by atoms with Crippen molar-refractivity contribution in [2.75, 3.05) is 13.2 Å². The molecular weight excluding hydrogens is 482 g/mol. The van der Waals surface area contributed by atoms with Crippen LogP contribution in [0.5, 0.6) is 5.75 Å². The number of benzene rings is 3. The Morgan fingerprint density at radius 2 is 1.55 bits per heavy atom. The fourth-order valence-corrected chi connectivity index (χ4v) is 5.29. The van der Waals surface area contributed by atoms with E-state index in [1.54, 1.807) is 24.3 Å².